The molecule has 0 spiro atoms. The molecule has 0 saturated heterocycles. The Bertz CT molecular complexity index is 881. The monoisotopic (exact) mass is 314 g/mol. The molecule has 2 aliphatic heterocycles. The molecule has 23 heavy (non-hydrogen) atoms. The third-order valence-corrected chi connectivity index (χ3v) is 4.58. The maximum Gasteiger partial charge on any atom is 0.331 e. The van der Waals surface area contributed by atoms with Gasteiger partial charge < -0.3 is 9.47 Å². The van der Waals surface area contributed by atoms with Crippen molar-refractivity contribution in [2.24, 2.45) is 5.92 Å². The fourth-order valence-corrected chi connectivity index (χ4v) is 3.54. The van der Waals surface area contributed by atoms with Crippen molar-refractivity contribution in [2.75, 3.05) is 13.2 Å². The van der Waals surface area contributed by atoms with E-state index in [0.29, 0.717) is 24.7 Å². The Morgan fingerprint density at radius 2 is 1.91 bits per heavy atom. The van der Waals surface area contributed by atoms with Crippen molar-refractivity contribution in [2.45, 2.75) is 25.8 Å². The lowest BCUT2D eigenvalue weighted by Crippen LogP contribution is -2.45. The van der Waals surface area contributed by atoms with Crippen LogP contribution in [0.1, 0.15) is 36.9 Å². The van der Waals surface area contributed by atoms with Gasteiger partial charge in [-0.05, 0) is 19.9 Å². The molecule has 0 amide bonds. The number of aromatic amines is 1. The first-order chi connectivity index (χ1) is 11.1. The maximum atomic E-state index is 13.0. The maximum absolute atomic E-state index is 13.0. The molecule has 120 valence electrons. The van der Waals surface area contributed by atoms with E-state index in [1.54, 1.807) is 0 Å². The molecular weight excluding hydrogens is 296 g/mol. The highest BCUT2D eigenvalue weighted by Gasteiger charge is 2.40. The van der Waals surface area contributed by atoms with Crippen LogP contribution in [0.25, 0.3) is 0 Å². The molecule has 2 aliphatic rings. The first-order valence-electron chi connectivity index (χ1n) is 7.81. The Balaban J connectivity index is 2.00. The first kappa shape index (κ1) is 14.1. The van der Waals surface area contributed by atoms with Crippen LogP contribution in [0.15, 0.2) is 33.9 Å². The molecule has 0 aliphatic carbocycles. The quantitative estimate of drug-likeness (QED) is 0.868. The van der Waals surface area contributed by atoms with E-state index >= 15 is 0 Å². The molecule has 0 fully saturated rings. The number of hydrogen-bond acceptors (Lipinski definition) is 4. The van der Waals surface area contributed by atoms with Crippen molar-refractivity contribution in [1.82, 2.24) is 9.55 Å². The average molecular weight is 314 g/mol. The molecule has 0 saturated carbocycles. The van der Waals surface area contributed by atoms with Gasteiger partial charge in [0.1, 0.15) is 5.75 Å². The van der Waals surface area contributed by atoms with Crippen LogP contribution >= 0.6 is 0 Å². The zero-order chi connectivity index (χ0) is 16.1. The molecular formula is C17H18N2O4. The van der Waals surface area contributed by atoms with Gasteiger partial charge >= 0.3 is 5.69 Å². The molecule has 2 atom stereocenters. The number of nitrogens with zero attached hydrogens (tertiary/aromatic N) is 1. The summed E-state index contributed by atoms with van der Waals surface area (Å²) >= 11 is 0. The van der Waals surface area contributed by atoms with E-state index in [1.807, 2.05) is 38.1 Å². The van der Waals surface area contributed by atoms with Gasteiger partial charge in [0.05, 0.1) is 18.8 Å². The number of para-hydroxylation sites is 1. The average Bonchev–Trinajstić information content (AvgIpc) is 2.53. The summed E-state index contributed by atoms with van der Waals surface area (Å²) in [5, 5.41) is 0. The smallest absolute Gasteiger partial charge is 0.331 e. The van der Waals surface area contributed by atoms with E-state index in [9.17, 15) is 9.59 Å². The van der Waals surface area contributed by atoms with Gasteiger partial charge in [-0.1, -0.05) is 18.2 Å². The lowest BCUT2D eigenvalue weighted by molar-refractivity contribution is 0.120. The van der Waals surface area contributed by atoms with E-state index in [4.69, 9.17) is 9.47 Å². The van der Waals surface area contributed by atoms with Gasteiger partial charge in [0, 0.05) is 23.4 Å². The van der Waals surface area contributed by atoms with Crippen molar-refractivity contribution in [3.05, 3.63) is 56.2 Å². The van der Waals surface area contributed by atoms with Gasteiger partial charge in [-0.15, -0.1) is 0 Å². The van der Waals surface area contributed by atoms with Crippen LogP contribution in [0.2, 0.25) is 0 Å². The predicted molar refractivity (Wildman–Crippen MR) is 84.5 cm³/mol. The van der Waals surface area contributed by atoms with E-state index in [0.717, 1.165) is 11.3 Å². The van der Waals surface area contributed by atoms with Crippen molar-refractivity contribution in [1.29, 1.82) is 0 Å². The van der Waals surface area contributed by atoms with Crippen LogP contribution in [0.4, 0.5) is 0 Å². The molecule has 0 bridgehead atoms. The number of H-pyrrole nitrogens is 1. The molecule has 0 unspecified atom stereocenters. The highest BCUT2D eigenvalue weighted by atomic mass is 16.5. The molecule has 0 radical (unpaired) electrons. The zero-order valence-corrected chi connectivity index (χ0v) is 13.0. The van der Waals surface area contributed by atoms with Gasteiger partial charge in [-0.2, -0.15) is 0 Å². The van der Waals surface area contributed by atoms with Crippen LogP contribution in [0.5, 0.6) is 11.6 Å². The molecule has 6 nitrogen and oxygen atoms in total. The molecule has 1 N–H and O–H groups in total. The van der Waals surface area contributed by atoms with Crippen LogP contribution in [0, 0.1) is 5.92 Å². The van der Waals surface area contributed by atoms with Crippen molar-refractivity contribution in [3.8, 4) is 11.6 Å². The SMILES string of the molecule is CC(C)n1c(=O)[nH]c2c(c1=O)[C@@H]1c3ccccc3OC[C@H]1CO2. The van der Waals surface area contributed by atoms with E-state index in [-0.39, 0.29) is 23.4 Å². The Morgan fingerprint density at radius 1 is 1.17 bits per heavy atom. The summed E-state index contributed by atoms with van der Waals surface area (Å²) in [4.78, 5) is 27.9. The Kier molecular flexibility index (Phi) is 3.07. The molecule has 2 aromatic rings. The summed E-state index contributed by atoms with van der Waals surface area (Å²) in [6.45, 7) is 4.57. The number of hydrogen-bond donors (Lipinski definition) is 1. The van der Waals surface area contributed by atoms with Crippen molar-refractivity contribution >= 4 is 0 Å². The van der Waals surface area contributed by atoms with Gasteiger partial charge in [0.25, 0.3) is 5.56 Å². The minimum Gasteiger partial charge on any atom is -0.493 e. The van der Waals surface area contributed by atoms with E-state index < -0.39 is 5.69 Å². The second-order valence-electron chi connectivity index (χ2n) is 6.34. The molecule has 4 rings (SSSR count). The third kappa shape index (κ3) is 2.01. The standard InChI is InChI=1S/C17H18N2O4/c1-9(2)19-16(20)14-13-10(8-23-15(14)18-17(19)21)7-22-12-6-4-3-5-11(12)13/h3-6,9-10,13H,7-8H2,1-2H3,(H,18,21)/t10-,13-/m0/s1. The number of ether oxygens (including phenoxy) is 2. The lowest BCUT2D eigenvalue weighted by Gasteiger charge is -2.37. The summed E-state index contributed by atoms with van der Waals surface area (Å²) in [5.41, 5.74) is 0.811. The third-order valence-electron chi connectivity index (χ3n) is 4.58. The number of nitrogens with one attached hydrogen (secondary N) is 1. The van der Waals surface area contributed by atoms with Crippen LogP contribution < -0.4 is 20.7 Å². The van der Waals surface area contributed by atoms with Crippen molar-refractivity contribution < 1.29 is 9.47 Å². The molecule has 1 aromatic heterocycles. The topological polar surface area (TPSA) is 73.3 Å². The number of aromatic nitrogens is 2. The second-order valence-corrected chi connectivity index (χ2v) is 6.34. The molecule has 6 heteroatoms. The second kappa shape index (κ2) is 5.01. The Morgan fingerprint density at radius 3 is 2.70 bits per heavy atom. The van der Waals surface area contributed by atoms with E-state index in [2.05, 4.69) is 4.98 Å². The fourth-order valence-electron chi connectivity index (χ4n) is 3.54. The highest BCUT2D eigenvalue weighted by molar-refractivity contribution is 5.47. The molecule has 3 heterocycles. The lowest BCUT2D eigenvalue weighted by atomic mass is 9.79. The normalized spacial score (nSPS) is 21.7. The summed E-state index contributed by atoms with van der Waals surface area (Å²) < 4.78 is 12.7. The van der Waals surface area contributed by atoms with Gasteiger partial charge in [0.15, 0.2) is 0 Å². The minimum atomic E-state index is -0.428. The Labute approximate surface area is 132 Å². The zero-order valence-electron chi connectivity index (χ0n) is 13.0. The fraction of sp³-hybridized carbons (Fsp3) is 0.412. The van der Waals surface area contributed by atoms with Gasteiger partial charge in [-0.3, -0.25) is 14.3 Å². The largest absolute Gasteiger partial charge is 0.493 e. The number of rotatable bonds is 1. The summed E-state index contributed by atoms with van der Waals surface area (Å²) in [7, 11) is 0. The summed E-state index contributed by atoms with van der Waals surface area (Å²) in [6, 6.07) is 7.52. The van der Waals surface area contributed by atoms with E-state index in [1.165, 1.54) is 4.57 Å². The van der Waals surface area contributed by atoms with Crippen LogP contribution in [-0.4, -0.2) is 22.8 Å². The van der Waals surface area contributed by atoms with Crippen LogP contribution in [-0.2, 0) is 0 Å². The van der Waals surface area contributed by atoms with Gasteiger partial charge in [0.2, 0.25) is 5.88 Å². The minimum absolute atomic E-state index is 0.0663. The first-order valence-corrected chi connectivity index (χ1v) is 7.81. The summed E-state index contributed by atoms with van der Waals surface area (Å²) in [5.74, 6) is 1.05. The summed E-state index contributed by atoms with van der Waals surface area (Å²) in [6.07, 6.45) is 0. The van der Waals surface area contributed by atoms with Crippen molar-refractivity contribution in [3.63, 3.8) is 0 Å². The predicted octanol–water partition coefficient (Wildman–Crippen LogP) is 1.65. The van der Waals surface area contributed by atoms with Crippen LogP contribution in [0.3, 0.4) is 0 Å². The number of fused-ring (bicyclic) bond motifs is 5. The van der Waals surface area contributed by atoms with Gasteiger partial charge in [-0.25, -0.2) is 4.79 Å². The highest BCUT2D eigenvalue weighted by Crippen LogP contribution is 2.44. The number of benzene rings is 1. The Hall–Kier alpha value is -2.50. The molecule has 1 aromatic carbocycles.